The number of fused-ring (bicyclic) bond motifs is 1. The molecule has 1 aromatic carbocycles. The maximum absolute atomic E-state index is 14.2. The maximum Gasteiger partial charge on any atom is 0.433 e. The van der Waals surface area contributed by atoms with Gasteiger partial charge in [-0.3, -0.25) is 9.38 Å². The van der Waals surface area contributed by atoms with Gasteiger partial charge in [-0.2, -0.15) is 13.2 Å². The highest BCUT2D eigenvalue weighted by Gasteiger charge is 2.33. The Balaban J connectivity index is 1.90. The fourth-order valence-corrected chi connectivity index (χ4v) is 4.13. The van der Waals surface area contributed by atoms with Crippen LogP contribution in [0.4, 0.5) is 22.0 Å². The van der Waals surface area contributed by atoms with Crippen LogP contribution in [0.1, 0.15) is 12.6 Å². The summed E-state index contributed by atoms with van der Waals surface area (Å²) in [6.45, 7) is 1.40. The number of pyridine rings is 1. The van der Waals surface area contributed by atoms with Crippen LogP contribution in [0, 0.1) is 11.6 Å². The van der Waals surface area contributed by atoms with Crippen molar-refractivity contribution in [1.82, 2.24) is 19.4 Å². The second-order valence-electron chi connectivity index (χ2n) is 6.76. The monoisotopic (exact) mass is 468 g/mol. The molecule has 0 atom stereocenters. The van der Waals surface area contributed by atoms with Crippen LogP contribution in [0.5, 0.6) is 0 Å². The number of imidazole rings is 1. The molecule has 3 heterocycles. The molecule has 6 nitrogen and oxygen atoms in total. The molecular formula is C20H13F5N4O2S. The number of aromatic nitrogens is 4. The molecule has 0 aliphatic heterocycles. The van der Waals surface area contributed by atoms with Gasteiger partial charge in [-0.15, -0.1) is 0 Å². The SMILES string of the molecule is CCS(=O)(=O)c1cc(-c2ccc(F)cc2F)cnc1-c1cn2cnc(C(F)(F)F)cc2n1. The second kappa shape index (κ2) is 7.62. The predicted molar refractivity (Wildman–Crippen MR) is 104 cm³/mol. The van der Waals surface area contributed by atoms with Gasteiger partial charge in [0.05, 0.1) is 10.6 Å². The number of nitrogens with zero attached hydrogens (tertiary/aromatic N) is 4. The molecule has 4 aromatic rings. The van der Waals surface area contributed by atoms with Crippen molar-refractivity contribution in [2.75, 3.05) is 5.75 Å². The Morgan fingerprint density at radius 1 is 1.06 bits per heavy atom. The molecule has 0 saturated carbocycles. The lowest BCUT2D eigenvalue weighted by atomic mass is 10.1. The van der Waals surface area contributed by atoms with Gasteiger partial charge in [0.1, 0.15) is 40.7 Å². The second-order valence-corrected chi connectivity index (χ2v) is 9.01. The smallest absolute Gasteiger partial charge is 0.290 e. The average molecular weight is 468 g/mol. The van der Waals surface area contributed by atoms with E-state index in [9.17, 15) is 30.4 Å². The maximum atomic E-state index is 14.2. The molecule has 0 bridgehead atoms. The van der Waals surface area contributed by atoms with E-state index in [-0.39, 0.29) is 38.8 Å². The third kappa shape index (κ3) is 3.93. The van der Waals surface area contributed by atoms with Crippen LogP contribution in [0.15, 0.2) is 53.9 Å². The molecule has 0 unspecified atom stereocenters. The lowest BCUT2D eigenvalue weighted by Gasteiger charge is -2.10. The van der Waals surface area contributed by atoms with Crippen molar-refractivity contribution >= 4 is 15.5 Å². The summed E-state index contributed by atoms with van der Waals surface area (Å²) in [5.41, 5.74) is -1.37. The van der Waals surface area contributed by atoms with Crippen molar-refractivity contribution in [1.29, 1.82) is 0 Å². The first kappa shape index (κ1) is 21.8. The molecule has 0 spiro atoms. The Labute approximate surface area is 178 Å². The first-order chi connectivity index (χ1) is 15.0. The largest absolute Gasteiger partial charge is 0.433 e. The van der Waals surface area contributed by atoms with Crippen molar-refractivity contribution in [3.05, 3.63) is 66.4 Å². The fraction of sp³-hybridized carbons (Fsp3) is 0.150. The summed E-state index contributed by atoms with van der Waals surface area (Å²) in [5, 5.41) is 0. The van der Waals surface area contributed by atoms with Crippen LogP contribution >= 0.6 is 0 Å². The standard InChI is InChI=1S/C20H13F5N4O2S/c1-2-32(30,31)16-5-11(13-4-3-12(21)6-14(13)22)8-26-19(16)15-9-29-10-27-17(20(23,24)25)7-18(29)28-15/h3-10H,2H2,1H3. The van der Waals surface area contributed by atoms with Crippen LogP contribution in [-0.4, -0.2) is 33.5 Å². The molecule has 0 saturated heterocycles. The van der Waals surface area contributed by atoms with Crippen molar-refractivity contribution < 1.29 is 30.4 Å². The fourth-order valence-electron chi connectivity index (χ4n) is 3.06. The third-order valence-electron chi connectivity index (χ3n) is 4.69. The number of sulfone groups is 1. The normalized spacial score (nSPS) is 12.4. The number of hydrogen-bond acceptors (Lipinski definition) is 5. The van der Waals surface area contributed by atoms with Gasteiger partial charge in [0.25, 0.3) is 0 Å². The van der Waals surface area contributed by atoms with E-state index in [4.69, 9.17) is 0 Å². The lowest BCUT2D eigenvalue weighted by molar-refractivity contribution is -0.141. The summed E-state index contributed by atoms with van der Waals surface area (Å²) in [5.74, 6) is -2.02. The van der Waals surface area contributed by atoms with E-state index >= 15 is 0 Å². The van der Waals surface area contributed by atoms with Gasteiger partial charge in [0.2, 0.25) is 0 Å². The van der Waals surface area contributed by atoms with Crippen LogP contribution in [0.3, 0.4) is 0 Å². The van der Waals surface area contributed by atoms with Crippen LogP contribution in [0.2, 0.25) is 0 Å². The summed E-state index contributed by atoms with van der Waals surface area (Å²) < 4.78 is 92.9. The molecule has 166 valence electrons. The first-order valence-corrected chi connectivity index (χ1v) is 10.8. The van der Waals surface area contributed by atoms with E-state index in [1.54, 1.807) is 0 Å². The highest BCUT2D eigenvalue weighted by molar-refractivity contribution is 7.91. The van der Waals surface area contributed by atoms with E-state index in [1.807, 2.05) is 0 Å². The topological polar surface area (TPSA) is 77.2 Å². The molecule has 12 heteroatoms. The predicted octanol–water partition coefficient (Wildman–Crippen LogP) is 4.55. The molecule has 0 aliphatic carbocycles. The zero-order valence-corrected chi connectivity index (χ0v) is 17.0. The van der Waals surface area contributed by atoms with Crippen LogP contribution in [-0.2, 0) is 16.0 Å². The van der Waals surface area contributed by atoms with Gasteiger partial charge >= 0.3 is 6.18 Å². The van der Waals surface area contributed by atoms with E-state index < -0.39 is 33.3 Å². The molecule has 0 N–H and O–H groups in total. The van der Waals surface area contributed by atoms with Crippen LogP contribution in [0.25, 0.3) is 28.2 Å². The Morgan fingerprint density at radius 3 is 2.47 bits per heavy atom. The number of benzene rings is 1. The molecule has 32 heavy (non-hydrogen) atoms. The van der Waals surface area contributed by atoms with Crippen molar-refractivity contribution in [2.24, 2.45) is 0 Å². The first-order valence-electron chi connectivity index (χ1n) is 9.10. The molecule has 4 rings (SSSR count). The van der Waals surface area contributed by atoms with Gasteiger partial charge in [-0.05, 0) is 18.2 Å². The Kier molecular flexibility index (Phi) is 5.19. The minimum absolute atomic E-state index is 0.00993. The molecule has 0 amide bonds. The van der Waals surface area contributed by atoms with Crippen LogP contribution < -0.4 is 0 Å². The van der Waals surface area contributed by atoms with Crippen molar-refractivity contribution in [2.45, 2.75) is 18.0 Å². The molecular weight excluding hydrogens is 455 g/mol. The average Bonchev–Trinajstić information content (AvgIpc) is 3.16. The van der Waals surface area contributed by atoms with E-state index in [1.165, 1.54) is 29.8 Å². The Hall–Kier alpha value is -3.41. The van der Waals surface area contributed by atoms with Gasteiger partial charge in [0.15, 0.2) is 9.84 Å². The highest BCUT2D eigenvalue weighted by atomic mass is 32.2. The molecule has 3 aromatic heterocycles. The minimum Gasteiger partial charge on any atom is -0.290 e. The van der Waals surface area contributed by atoms with Gasteiger partial charge < -0.3 is 0 Å². The summed E-state index contributed by atoms with van der Waals surface area (Å²) in [7, 11) is -3.90. The summed E-state index contributed by atoms with van der Waals surface area (Å²) >= 11 is 0. The van der Waals surface area contributed by atoms with Gasteiger partial charge in [0, 0.05) is 35.7 Å². The summed E-state index contributed by atoms with van der Waals surface area (Å²) in [6.07, 6.45) is -1.30. The quantitative estimate of drug-likeness (QED) is 0.411. The van der Waals surface area contributed by atoms with Gasteiger partial charge in [-0.1, -0.05) is 6.92 Å². The Morgan fingerprint density at radius 2 is 1.81 bits per heavy atom. The highest BCUT2D eigenvalue weighted by Crippen LogP contribution is 2.32. The van der Waals surface area contributed by atoms with Crippen molar-refractivity contribution in [3.63, 3.8) is 0 Å². The van der Waals surface area contributed by atoms with E-state index in [2.05, 4.69) is 15.0 Å². The van der Waals surface area contributed by atoms with Gasteiger partial charge in [-0.25, -0.2) is 27.2 Å². The van der Waals surface area contributed by atoms with E-state index in [0.29, 0.717) is 6.07 Å². The number of hydrogen-bond donors (Lipinski definition) is 0. The lowest BCUT2D eigenvalue weighted by Crippen LogP contribution is -2.08. The third-order valence-corrected chi connectivity index (χ3v) is 6.43. The molecule has 0 fully saturated rings. The van der Waals surface area contributed by atoms with E-state index in [0.717, 1.165) is 24.5 Å². The Bertz CT molecular complexity index is 1450. The minimum atomic E-state index is -4.68. The molecule has 0 aliphatic rings. The zero-order chi connectivity index (χ0) is 23.3. The van der Waals surface area contributed by atoms with Crippen molar-refractivity contribution in [3.8, 4) is 22.5 Å². The molecule has 0 radical (unpaired) electrons. The number of rotatable bonds is 4. The zero-order valence-electron chi connectivity index (χ0n) is 16.2. The summed E-state index contributed by atoms with van der Waals surface area (Å²) in [6, 6.07) is 4.73. The summed E-state index contributed by atoms with van der Waals surface area (Å²) in [4.78, 5) is 11.2. The number of alkyl halides is 3. The number of halogens is 5.